The van der Waals surface area contributed by atoms with E-state index in [-0.39, 0.29) is 18.4 Å². The van der Waals surface area contributed by atoms with Crippen molar-refractivity contribution in [3.8, 4) is 17.2 Å². The van der Waals surface area contributed by atoms with E-state index < -0.39 is 0 Å². The molecule has 0 atom stereocenters. The van der Waals surface area contributed by atoms with Gasteiger partial charge in [0.2, 0.25) is 5.91 Å². The number of nitrogens with one attached hydrogen (secondary N) is 1. The molecule has 2 aromatic carbocycles. The molecule has 1 aliphatic heterocycles. The highest BCUT2D eigenvalue weighted by atomic mass is 16.5. The van der Waals surface area contributed by atoms with Crippen molar-refractivity contribution in [1.29, 1.82) is 0 Å². The fraction of sp³-hybridized carbons (Fsp3) is 0.364. The lowest BCUT2D eigenvalue weighted by Crippen LogP contribution is -2.30. The van der Waals surface area contributed by atoms with Gasteiger partial charge in [-0.05, 0) is 42.7 Å². The zero-order chi connectivity index (χ0) is 20.6. The molecule has 0 aromatic heterocycles. The number of rotatable bonds is 9. The Morgan fingerprint density at radius 3 is 2.66 bits per heavy atom. The molecule has 1 aliphatic rings. The van der Waals surface area contributed by atoms with Gasteiger partial charge in [-0.15, -0.1) is 0 Å². The molecule has 0 radical (unpaired) electrons. The number of ether oxygens (including phenoxy) is 3. The second-order valence-electron chi connectivity index (χ2n) is 6.72. The third-order valence-corrected chi connectivity index (χ3v) is 4.76. The van der Waals surface area contributed by atoms with Crippen LogP contribution in [0.3, 0.4) is 0 Å². The highest BCUT2D eigenvalue weighted by Crippen LogP contribution is 2.27. The zero-order valence-corrected chi connectivity index (χ0v) is 16.8. The Labute approximate surface area is 170 Å². The fourth-order valence-corrected chi connectivity index (χ4v) is 3.24. The van der Waals surface area contributed by atoms with E-state index in [1.165, 1.54) is 0 Å². The van der Waals surface area contributed by atoms with E-state index in [2.05, 4.69) is 5.32 Å². The Kier molecular flexibility index (Phi) is 6.94. The molecule has 0 unspecified atom stereocenters. The molecular formula is C22H26N2O5. The lowest BCUT2D eigenvalue weighted by atomic mass is 10.1. The van der Waals surface area contributed by atoms with Gasteiger partial charge in [-0.25, -0.2) is 0 Å². The van der Waals surface area contributed by atoms with Crippen molar-refractivity contribution in [2.75, 3.05) is 38.8 Å². The van der Waals surface area contributed by atoms with Gasteiger partial charge in [-0.3, -0.25) is 9.59 Å². The largest absolute Gasteiger partial charge is 0.493 e. The van der Waals surface area contributed by atoms with Crippen LogP contribution in [0, 0.1) is 0 Å². The molecule has 0 aliphatic carbocycles. The quantitative estimate of drug-likeness (QED) is 0.703. The van der Waals surface area contributed by atoms with Crippen LogP contribution in [-0.2, 0) is 16.0 Å². The van der Waals surface area contributed by atoms with Crippen molar-refractivity contribution < 1.29 is 23.8 Å². The minimum Gasteiger partial charge on any atom is -0.493 e. The second-order valence-corrected chi connectivity index (χ2v) is 6.72. The first kappa shape index (κ1) is 20.5. The molecule has 2 amide bonds. The third kappa shape index (κ3) is 5.40. The van der Waals surface area contributed by atoms with Crippen molar-refractivity contribution in [3.63, 3.8) is 0 Å². The number of hydrogen-bond acceptors (Lipinski definition) is 5. The molecule has 2 aromatic rings. The van der Waals surface area contributed by atoms with Crippen LogP contribution in [0.5, 0.6) is 17.2 Å². The van der Waals surface area contributed by atoms with Crippen LogP contribution < -0.4 is 24.4 Å². The molecule has 1 heterocycles. The molecular weight excluding hydrogens is 372 g/mol. The number of hydrogen-bond donors (Lipinski definition) is 1. The maximum Gasteiger partial charge on any atom is 0.257 e. The molecule has 1 N–H and O–H groups in total. The number of carbonyl (C=O) groups is 2. The van der Waals surface area contributed by atoms with Gasteiger partial charge in [-0.1, -0.05) is 12.1 Å². The van der Waals surface area contributed by atoms with Crippen LogP contribution in [0.1, 0.15) is 18.4 Å². The van der Waals surface area contributed by atoms with E-state index in [9.17, 15) is 9.59 Å². The molecule has 154 valence electrons. The zero-order valence-electron chi connectivity index (χ0n) is 16.8. The summed E-state index contributed by atoms with van der Waals surface area (Å²) in [6, 6.07) is 12.9. The monoisotopic (exact) mass is 398 g/mol. The van der Waals surface area contributed by atoms with Crippen LogP contribution in [0.4, 0.5) is 5.69 Å². The predicted molar refractivity (Wildman–Crippen MR) is 110 cm³/mol. The topological polar surface area (TPSA) is 77.1 Å². The highest BCUT2D eigenvalue weighted by Gasteiger charge is 2.21. The predicted octanol–water partition coefficient (Wildman–Crippen LogP) is 2.57. The lowest BCUT2D eigenvalue weighted by molar-refractivity contribution is -0.123. The van der Waals surface area contributed by atoms with Gasteiger partial charge >= 0.3 is 0 Å². The molecule has 0 bridgehead atoms. The summed E-state index contributed by atoms with van der Waals surface area (Å²) in [6.07, 6.45) is 2.11. The van der Waals surface area contributed by atoms with Crippen LogP contribution >= 0.6 is 0 Å². The van der Waals surface area contributed by atoms with Crippen LogP contribution in [0.15, 0.2) is 42.5 Å². The van der Waals surface area contributed by atoms with E-state index in [0.29, 0.717) is 36.6 Å². The van der Waals surface area contributed by atoms with E-state index in [4.69, 9.17) is 14.2 Å². The van der Waals surface area contributed by atoms with Gasteiger partial charge in [0.05, 0.1) is 14.2 Å². The van der Waals surface area contributed by atoms with Crippen molar-refractivity contribution in [3.05, 3.63) is 48.0 Å². The Morgan fingerprint density at radius 1 is 1.10 bits per heavy atom. The minimum atomic E-state index is -0.201. The average molecular weight is 398 g/mol. The Balaban J connectivity index is 1.45. The Morgan fingerprint density at radius 2 is 1.93 bits per heavy atom. The Bertz CT molecular complexity index is 868. The lowest BCUT2D eigenvalue weighted by Gasteiger charge is -2.16. The summed E-state index contributed by atoms with van der Waals surface area (Å²) in [5, 5.41) is 2.84. The maximum absolute atomic E-state index is 12.1. The number of methoxy groups -OCH3 is 2. The minimum absolute atomic E-state index is 0.0800. The first-order valence-corrected chi connectivity index (χ1v) is 9.61. The van der Waals surface area contributed by atoms with E-state index >= 15 is 0 Å². The molecule has 1 saturated heterocycles. The summed E-state index contributed by atoms with van der Waals surface area (Å²) in [6.45, 7) is 1.13. The average Bonchev–Trinajstić information content (AvgIpc) is 3.18. The van der Waals surface area contributed by atoms with Gasteiger partial charge in [0, 0.05) is 31.3 Å². The molecule has 3 rings (SSSR count). The van der Waals surface area contributed by atoms with Crippen molar-refractivity contribution in [1.82, 2.24) is 5.32 Å². The SMILES string of the molecule is COc1ccc(CCNC(=O)COc2cccc(N3CCCC3=O)c2)cc1OC. The van der Waals surface area contributed by atoms with Gasteiger partial charge in [-0.2, -0.15) is 0 Å². The number of nitrogens with zero attached hydrogens (tertiary/aromatic N) is 1. The second kappa shape index (κ2) is 9.82. The molecule has 1 fully saturated rings. The normalized spacial score (nSPS) is 13.3. The van der Waals surface area contributed by atoms with Crippen molar-refractivity contribution in [2.24, 2.45) is 0 Å². The summed E-state index contributed by atoms with van der Waals surface area (Å²) in [7, 11) is 3.19. The first-order chi connectivity index (χ1) is 14.1. The van der Waals surface area contributed by atoms with Gasteiger partial charge < -0.3 is 24.4 Å². The summed E-state index contributed by atoms with van der Waals surface area (Å²) < 4.78 is 16.1. The van der Waals surface area contributed by atoms with Crippen molar-refractivity contribution >= 4 is 17.5 Å². The molecule has 0 saturated carbocycles. The molecule has 29 heavy (non-hydrogen) atoms. The van der Waals surface area contributed by atoms with Crippen LogP contribution in [0.2, 0.25) is 0 Å². The number of benzene rings is 2. The molecule has 7 nitrogen and oxygen atoms in total. The van der Waals surface area contributed by atoms with Gasteiger partial charge in [0.25, 0.3) is 5.91 Å². The third-order valence-electron chi connectivity index (χ3n) is 4.76. The number of amides is 2. The van der Waals surface area contributed by atoms with Crippen LogP contribution in [0.25, 0.3) is 0 Å². The van der Waals surface area contributed by atoms with Crippen LogP contribution in [-0.4, -0.2) is 45.7 Å². The Hall–Kier alpha value is -3.22. The first-order valence-electron chi connectivity index (χ1n) is 9.61. The molecule has 0 spiro atoms. The number of anilines is 1. The standard InChI is InChI=1S/C22H26N2O5/c1-27-19-9-8-16(13-20(19)28-2)10-11-23-21(25)15-29-18-6-3-5-17(14-18)24-12-4-7-22(24)26/h3,5-6,8-9,13-14H,4,7,10-12,15H2,1-2H3,(H,23,25). The summed E-state index contributed by atoms with van der Waals surface area (Å²) >= 11 is 0. The number of carbonyl (C=O) groups excluding carboxylic acids is 2. The smallest absolute Gasteiger partial charge is 0.257 e. The summed E-state index contributed by atoms with van der Waals surface area (Å²) in [5.74, 6) is 1.82. The van der Waals surface area contributed by atoms with E-state index in [0.717, 1.165) is 24.2 Å². The van der Waals surface area contributed by atoms with E-state index in [1.54, 1.807) is 31.3 Å². The summed E-state index contributed by atoms with van der Waals surface area (Å²) in [5.41, 5.74) is 1.84. The van der Waals surface area contributed by atoms with Gasteiger partial charge in [0.1, 0.15) is 5.75 Å². The van der Waals surface area contributed by atoms with Crippen molar-refractivity contribution in [2.45, 2.75) is 19.3 Å². The fourth-order valence-electron chi connectivity index (χ4n) is 3.24. The highest BCUT2D eigenvalue weighted by molar-refractivity contribution is 5.95. The summed E-state index contributed by atoms with van der Waals surface area (Å²) in [4.78, 5) is 25.7. The maximum atomic E-state index is 12.1. The molecule has 7 heteroatoms. The van der Waals surface area contributed by atoms with E-state index in [1.807, 2.05) is 30.3 Å². The van der Waals surface area contributed by atoms with Gasteiger partial charge in [0.15, 0.2) is 18.1 Å².